The molecular weight excluding hydrogens is 240 g/mol. The average Bonchev–Trinajstić information content (AvgIpc) is 3.06. The van der Waals surface area contributed by atoms with Crippen LogP contribution in [0.4, 0.5) is 0 Å². The van der Waals surface area contributed by atoms with Crippen molar-refractivity contribution >= 4 is 43.1 Å². The summed E-state index contributed by atoms with van der Waals surface area (Å²) in [7, 11) is -0.855. The SMILES string of the molecule is O=S1c2cc3ccc4cccc5ccc(c21)c3c45. The molecule has 4 aromatic rings. The standard InChI is InChI=1S/C16H8OS/c17-18-13-8-11-5-4-9-2-1-3-10-6-7-12(16(13)18)15(11)14(9)10/h1-8H. The van der Waals surface area contributed by atoms with E-state index in [2.05, 4.69) is 48.5 Å². The Kier molecular flexibility index (Phi) is 1.37. The summed E-state index contributed by atoms with van der Waals surface area (Å²) < 4.78 is 11.9. The summed E-state index contributed by atoms with van der Waals surface area (Å²) in [6.45, 7) is 0. The summed E-state index contributed by atoms with van der Waals surface area (Å²) in [5.74, 6) is 0. The van der Waals surface area contributed by atoms with Gasteiger partial charge in [0.25, 0.3) is 0 Å². The van der Waals surface area contributed by atoms with Gasteiger partial charge in [-0.3, -0.25) is 0 Å². The molecule has 0 saturated carbocycles. The van der Waals surface area contributed by atoms with Crippen LogP contribution in [0.25, 0.3) is 32.3 Å². The van der Waals surface area contributed by atoms with Crippen molar-refractivity contribution < 1.29 is 4.21 Å². The van der Waals surface area contributed by atoms with Gasteiger partial charge in [0.2, 0.25) is 0 Å². The van der Waals surface area contributed by atoms with Gasteiger partial charge < -0.3 is 0 Å². The highest BCUT2D eigenvalue weighted by Crippen LogP contribution is 2.47. The Morgan fingerprint density at radius 1 is 0.778 bits per heavy atom. The first kappa shape index (κ1) is 9.06. The molecule has 1 atom stereocenters. The topological polar surface area (TPSA) is 17.1 Å². The van der Waals surface area contributed by atoms with E-state index in [0.717, 1.165) is 9.79 Å². The second kappa shape index (κ2) is 2.73. The van der Waals surface area contributed by atoms with E-state index in [9.17, 15) is 4.21 Å². The maximum Gasteiger partial charge on any atom is 0.0881 e. The van der Waals surface area contributed by atoms with Gasteiger partial charge >= 0.3 is 0 Å². The lowest BCUT2D eigenvalue weighted by atomic mass is 9.95. The number of rotatable bonds is 0. The third-order valence-corrected chi connectivity index (χ3v) is 5.24. The van der Waals surface area contributed by atoms with Crippen molar-refractivity contribution in [1.29, 1.82) is 0 Å². The van der Waals surface area contributed by atoms with Crippen LogP contribution >= 0.6 is 0 Å². The van der Waals surface area contributed by atoms with Crippen LogP contribution in [0.15, 0.2) is 58.3 Å². The van der Waals surface area contributed by atoms with Gasteiger partial charge in [-0.2, -0.15) is 0 Å². The van der Waals surface area contributed by atoms with Crippen molar-refractivity contribution in [2.75, 3.05) is 0 Å². The Morgan fingerprint density at radius 2 is 1.50 bits per heavy atom. The molecule has 0 fully saturated rings. The van der Waals surface area contributed by atoms with Gasteiger partial charge in [-0.05, 0) is 33.0 Å². The minimum Gasteiger partial charge on any atom is -0.249 e. The van der Waals surface area contributed by atoms with Gasteiger partial charge in [-0.25, -0.2) is 4.21 Å². The lowest BCUT2D eigenvalue weighted by Gasteiger charge is -2.08. The molecule has 1 nitrogen and oxygen atoms in total. The smallest absolute Gasteiger partial charge is 0.0881 e. The molecule has 0 aliphatic carbocycles. The minimum absolute atomic E-state index is 0.855. The van der Waals surface area contributed by atoms with Gasteiger partial charge in [-0.15, -0.1) is 0 Å². The van der Waals surface area contributed by atoms with Crippen molar-refractivity contribution in [2.45, 2.75) is 9.79 Å². The van der Waals surface area contributed by atoms with Crippen molar-refractivity contribution in [3.8, 4) is 0 Å². The van der Waals surface area contributed by atoms with Crippen LogP contribution in [-0.4, -0.2) is 4.21 Å². The lowest BCUT2D eigenvalue weighted by Crippen LogP contribution is -1.82. The van der Waals surface area contributed by atoms with E-state index in [4.69, 9.17) is 0 Å². The minimum atomic E-state index is -0.855. The van der Waals surface area contributed by atoms with Gasteiger partial charge in [-0.1, -0.05) is 42.5 Å². The molecule has 0 saturated heterocycles. The first-order valence-electron chi connectivity index (χ1n) is 5.97. The summed E-state index contributed by atoms with van der Waals surface area (Å²) in [5, 5.41) is 7.48. The van der Waals surface area contributed by atoms with Crippen LogP contribution in [0, 0.1) is 0 Å². The molecule has 4 aromatic carbocycles. The maximum atomic E-state index is 11.9. The first-order chi connectivity index (χ1) is 8.84. The lowest BCUT2D eigenvalue weighted by molar-refractivity contribution is 0.693. The van der Waals surface area contributed by atoms with Gasteiger partial charge in [0.1, 0.15) is 0 Å². The third-order valence-electron chi connectivity index (χ3n) is 3.91. The molecule has 1 unspecified atom stereocenters. The molecule has 1 heterocycles. The predicted octanol–water partition coefficient (Wildman–Crippen LogP) is 4.06. The van der Waals surface area contributed by atoms with E-state index in [1.807, 2.05) is 0 Å². The molecule has 5 rings (SSSR count). The normalized spacial score (nSPS) is 17.7. The Bertz CT molecular complexity index is 969. The van der Waals surface area contributed by atoms with Crippen LogP contribution in [0.3, 0.4) is 0 Å². The molecule has 2 heteroatoms. The Balaban J connectivity index is 2.24. The van der Waals surface area contributed by atoms with Crippen LogP contribution in [0.1, 0.15) is 0 Å². The molecule has 1 aliphatic heterocycles. The van der Waals surface area contributed by atoms with Crippen molar-refractivity contribution in [3.63, 3.8) is 0 Å². The van der Waals surface area contributed by atoms with E-state index in [1.54, 1.807) is 0 Å². The van der Waals surface area contributed by atoms with E-state index in [1.165, 1.54) is 32.3 Å². The number of fused-ring (bicyclic) bond motifs is 2. The summed E-state index contributed by atoms with van der Waals surface area (Å²) in [4.78, 5) is 2.06. The molecule has 1 aliphatic rings. The maximum absolute atomic E-state index is 11.9. The summed E-state index contributed by atoms with van der Waals surface area (Å²) >= 11 is 0. The first-order valence-corrected chi connectivity index (χ1v) is 7.12. The second-order valence-electron chi connectivity index (χ2n) is 4.83. The summed E-state index contributed by atoms with van der Waals surface area (Å²) in [6.07, 6.45) is 0. The van der Waals surface area contributed by atoms with E-state index >= 15 is 0 Å². The quantitative estimate of drug-likeness (QED) is 0.298. The number of benzene rings is 4. The van der Waals surface area contributed by atoms with E-state index < -0.39 is 10.8 Å². The fraction of sp³-hybridized carbons (Fsp3) is 0. The van der Waals surface area contributed by atoms with E-state index in [0.29, 0.717) is 0 Å². The molecule has 0 bridgehead atoms. The Morgan fingerprint density at radius 3 is 2.33 bits per heavy atom. The second-order valence-corrected chi connectivity index (χ2v) is 6.21. The summed E-state index contributed by atoms with van der Waals surface area (Å²) in [6, 6.07) is 17.0. The largest absolute Gasteiger partial charge is 0.249 e. The monoisotopic (exact) mass is 248 g/mol. The Hall–Kier alpha value is -1.93. The van der Waals surface area contributed by atoms with Crippen molar-refractivity contribution in [1.82, 2.24) is 0 Å². The molecule has 84 valence electrons. The number of hydrogen-bond donors (Lipinski definition) is 0. The molecule has 18 heavy (non-hydrogen) atoms. The van der Waals surface area contributed by atoms with Gasteiger partial charge in [0, 0.05) is 5.39 Å². The van der Waals surface area contributed by atoms with Crippen LogP contribution in [-0.2, 0) is 10.8 Å². The fourth-order valence-corrected chi connectivity index (χ4v) is 4.23. The van der Waals surface area contributed by atoms with Crippen LogP contribution in [0.2, 0.25) is 0 Å². The fourth-order valence-electron chi connectivity index (χ4n) is 3.06. The zero-order valence-electron chi connectivity index (χ0n) is 9.44. The molecule has 0 spiro atoms. The highest BCUT2D eigenvalue weighted by atomic mass is 32.2. The molecule has 0 aromatic heterocycles. The van der Waals surface area contributed by atoms with E-state index in [-0.39, 0.29) is 0 Å². The number of hydrogen-bond acceptors (Lipinski definition) is 1. The zero-order chi connectivity index (χ0) is 11.9. The molecular formula is C16H8OS. The highest BCUT2D eigenvalue weighted by Gasteiger charge is 2.32. The van der Waals surface area contributed by atoms with Crippen LogP contribution in [0.5, 0.6) is 0 Å². The van der Waals surface area contributed by atoms with Crippen molar-refractivity contribution in [2.24, 2.45) is 0 Å². The van der Waals surface area contributed by atoms with Gasteiger partial charge in [0.15, 0.2) is 0 Å². The zero-order valence-corrected chi connectivity index (χ0v) is 10.3. The van der Waals surface area contributed by atoms with Crippen LogP contribution < -0.4 is 0 Å². The third kappa shape index (κ3) is 0.886. The molecule has 0 N–H and O–H groups in total. The molecule has 0 radical (unpaired) electrons. The van der Waals surface area contributed by atoms with Gasteiger partial charge in [0.05, 0.1) is 20.6 Å². The molecule has 0 amide bonds. The Labute approximate surface area is 106 Å². The highest BCUT2D eigenvalue weighted by molar-refractivity contribution is 7.91. The van der Waals surface area contributed by atoms with Crippen molar-refractivity contribution in [3.05, 3.63) is 48.5 Å². The average molecular weight is 248 g/mol. The predicted molar refractivity (Wildman–Crippen MR) is 74.8 cm³/mol. The summed E-state index contributed by atoms with van der Waals surface area (Å²) in [5.41, 5.74) is 0.